The number of rotatable bonds is 8. The number of hydrogen-bond acceptors (Lipinski definition) is 5. The zero-order valence-electron chi connectivity index (χ0n) is 19.9. The topological polar surface area (TPSA) is 60.1 Å². The normalized spacial score (nSPS) is 16.3. The summed E-state index contributed by atoms with van der Waals surface area (Å²) in [6, 6.07) is 10.6. The highest BCUT2D eigenvalue weighted by molar-refractivity contribution is 5.87. The Hall–Kier alpha value is -3.22. The summed E-state index contributed by atoms with van der Waals surface area (Å²) in [4.78, 5) is 17.5. The summed E-state index contributed by atoms with van der Waals surface area (Å²) in [5.41, 5.74) is 6.84. The van der Waals surface area contributed by atoms with Crippen molar-refractivity contribution in [3.05, 3.63) is 78.0 Å². The van der Waals surface area contributed by atoms with Gasteiger partial charge in [0.15, 0.2) is 0 Å². The smallest absolute Gasteiger partial charge is 0.206 e. The number of nitrogens with zero attached hydrogens (tertiary/aromatic N) is 4. The van der Waals surface area contributed by atoms with Gasteiger partial charge in [-0.3, -0.25) is 4.90 Å². The van der Waals surface area contributed by atoms with E-state index in [4.69, 9.17) is 4.98 Å². The molecule has 1 aromatic carbocycles. The Morgan fingerprint density at radius 1 is 1.18 bits per heavy atom. The lowest BCUT2D eigenvalue weighted by molar-refractivity contribution is 0.148. The van der Waals surface area contributed by atoms with E-state index in [-0.39, 0.29) is 0 Å². The van der Waals surface area contributed by atoms with Crippen molar-refractivity contribution in [1.82, 2.24) is 24.8 Å². The summed E-state index contributed by atoms with van der Waals surface area (Å²) in [5, 5.41) is 3.35. The van der Waals surface area contributed by atoms with Crippen LogP contribution in [-0.2, 0) is 6.54 Å². The van der Waals surface area contributed by atoms with Gasteiger partial charge in [-0.1, -0.05) is 37.8 Å². The number of piperazine rings is 1. The largest absolute Gasteiger partial charge is 0.324 e. The number of pyridine rings is 1. The molecule has 2 N–H and O–H groups in total. The van der Waals surface area contributed by atoms with Crippen LogP contribution in [-0.4, -0.2) is 58.0 Å². The summed E-state index contributed by atoms with van der Waals surface area (Å²) in [7, 11) is 2.18. The Bertz CT molecular complexity index is 1160. The molecule has 0 unspecified atom stereocenters. The average Bonchev–Trinajstić information content (AvgIpc) is 3.22. The fourth-order valence-corrected chi connectivity index (χ4v) is 4.34. The van der Waals surface area contributed by atoms with Crippen molar-refractivity contribution >= 4 is 28.4 Å². The summed E-state index contributed by atoms with van der Waals surface area (Å²) in [5.74, 6) is 1.50. The van der Waals surface area contributed by atoms with Gasteiger partial charge in [-0.15, -0.1) is 0 Å². The number of anilines is 2. The first-order valence-corrected chi connectivity index (χ1v) is 11.7. The van der Waals surface area contributed by atoms with Gasteiger partial charge in [0.1, 0.15) is 5.82 Å². The van der Waals surface area contributed by atoms with Crippen LogP contribution in [0.4, 0.5) is 11.8 Å². The van der Waals surface area contributed by atoms with Crippen molar-refractivity contribution in [2.75, 3.05) is 38.5 Å². The minimum Gasteiger partial charge on any atom is -0.324 e. The summed E-state index contributed by atoms with van der Waals surface area (Å²) >= 11 is 0. The molecule has 3 aromatic rings. The Kier molecular flexibility index (Phi) is 7.37. The Morgan fingerprint density at radius 3 is 2.73 bits per heavy atom. The van der Waals surface area contributed by atoms with Gasteiger partial charge >= 0.3 is 0 Å². The molecule has 0 radical (unpaired) electrons. The van der Waals surface area contributed by atoms with Crippen molar-refractivity contribution in [3.8, 4) is 0 Å². The monoisotopic (exact) mass is 442 g/mol. The zero-order chi connectivity index (χ0) is 23.2. The Morgan fingerprint density at radius 2 is 2.00 bits per heavy atom. The van der Waals surface area contributed by atoms with Gasteiger partial charge in [-0.25, -0.2) is 9.97 Å². The maximum Gasteiger partial charge on any atom is 0.206 e. The fourth-order valence-electron chi connectivity index (χ4n) is 4.34. The number of imidazole rings is 1. The van der Waals surface area contributed by atoms with E-state index >= 15 is 0 Å². The van der Waals surface area contributed by atoms with Crippen LogP contribution in [0.3, 0.4) is 0 Å². The molecule has 6 nitrogen and oxygen atoms in total. The van der Waals surface area contributed by atoms with Gasteiger partial charge in [0.05, 0.1) is 11.0 Å². The Balaban J connectivity index is 1.50. The summed E-state index contributed by atoms with van der Waals surface area (Å²) < 4.78 is 0. The van der Waals surface area contributed by atoms with E-state index in [1.54, 1.807) is 0 Å². The van der Waals surface area contributed by atoms with Crippen LogP contribution in [0.2, 0.25) is 0 Å². The molecule has 6 heteroatoms. The van der Waals surface area contributed by atoms with Crippen molar-refractivity contribution in [2.24, 2.45) is 0 Å². The number of fused-ring (bicyclic) bond motifs is 1. The lowest BCUT2D eigenvalue weighted by Crippen LogP contribution is -2.43. The predicted molar refractivity (Wildman–Crippen MR) is 139 cm³/mol. The van der Waals surface area contributed by atoms with E-state index in [9.17, 15) is 0 Å². The number of H-pyrrole nitrogens is 1. The average molecular weight is 443 g/mol. The van der Waals surface area contributed by atoms with Crippen LogP contribution in [0, 0.1) is 0 Å². The van der Waals surface area contributed by atoms with E-state index < -0.39 is 0 Å². The first-order valence-electron chi connectivity index (χ1n) is 11.7. The molecule has 0 aliphatic carbocycles. The van der Waals surface area contributed by atoms with Gasteiger partial charge in [0, 0.05) is 38.9 Å². The van der Waals surface area contributed by atoms with E-state index in [1.807, 2.05) is 12.3 Å². The van der Waals surface area contributed by atoms with E-state index in [1.165, 1.54) is 22.3 Å². The van der Waals surface area contributed by atoms with Crippen LogP contribution in [0.1, 0.15) is 31.4 Å². The number of aromatic amines is 1. The highest BCUT2D eigenvalue weighted by Crippen LogP contribution is 2.28. The van der Waals surface area contributed by atoms with Crippen LogP contribution < -0.4 is 5.32 Å². The number of allylic oxidation sites excluding steroid dienone is 5. The molecule has 0 spiro atoms. The van der Waals surface area contributed by atoms with E-state index in [2.05, 4.69) is 95.0 Å². The van der Waals surface area contributed by atoms with Gasteiger partial charge in [-0.05, 0) is 66.9 Å². The molecule has 0 saturated carbocycles. The molecule has 0 bridgehead atoms. The highest BCUT2D eigenvalue weighted by Gasteiger charge is 2.14. The molecule has 1 fully saturated rings. The van der Waals surface area contributed by atoms with E-state index in [0.717, 1.165) is 56.0 Å². The number of hydrogen-bond donors (Lipinski definition) is 2. The highest BCUT2D eigenvalue weighted by atomic mass is 15.2. The fraction of sp³-hybridized carbons (Fsp3) is 0.333. The van der Waals surface area contributed by atoms with Crippen molar-refractivity contribution in [2.45, 2.75) is 26.8 Å². The SMILES string of the molecule is C=C/C=C(CC)\C(=C/C)c1ccc2nc(Nc3cc(CN4CCN(C)CC4)ccn3)[nH]c2c1. The molecular formula is C27H34N6. The number of benzene rings is 1. The Labute approximate surface area is 196 Å². The molecule has 4 rings (SSSR count). The second-order valence-electron chi connectivity index (χ2n) is 8.55. The van der Waals surface area contributed by atoms with Crippen LogP contribution in [0.25, 0.3) is 16.6 Å². The minimum absolute atomic E-state index is 0.700. The first-order chi connectivity index (χ1) is 16.1. The predicted octanol–water partition coefficient (Wildman–Crippen LogP) is 5.37. The molecule has 1 aliphatic heterocycles. The molecule has 1 aliphatic rings. The van der Waals surface area contributed by atoms with Gasteiger partial charge in [0.2, 0.25) is 5.95 Å². The second-order valence-corrected chi connectivity index (χ2v) is 8.55. The maximum atomic E-state index is 4.72. The summed E-state index contributed by atoms with van der Waals surface area (Å²) in [6.45, 7) is 13.5. The maximum absolute atomic E-state index is 4.72. The number of aromatic nitrogens is 3. The standard InChI is InChI=1S/C27H34N6/c1-5-8-21(6-2)23(7-3)22-9-10-24-25(18-22)30-27(29-24)31-26-17-20(11-12-28-26)19-33-15-13-32(4)14-16-33/h5,7-12,17-18H,1,6,13-16,19H2,2-4H3,(H2,28,29,30,31)/b21-8-,23-7+. The molecule has 172 valence electrons. The summed E-state index contributed by atoms with van der Waals surface area (Å²) in [6.07, 6.45) is 8.91. The van der Waals surface area contributed by atoms with Crippen LogP contribution in [0.15, 0.2) is 66.9 Å². The van der Waals surface area contributed by atoms with Gasteiger partial charge in [-0.2, -0.15) is 0 Å². The van der Waals surface area contributed by atoms with Crippen LogP contribution >= 0.6 is 0 Å². The lowest BCUT2D eigenvalue weighted by Gasteiger charge is -2.32. The second kappa shape index (κ2) is 10.6. The quantitative estimate of drug-likeness (QED) is 0.459. The number of nitrogens with one attached hydrogen (secondary N) is 2. The van der Waals surface area contributed by atoms with Crippen molar-refractivity contribution < 1.29 is 0 Å². The molecule has 3 heterocycles. The third-order valence-electron chi connectivity index (χ3n) is 6.20. The molecule has 2 aromatic heterocycles. The molecule has 33 heavy (non-hydrogen) atoms. The third kappa shape index (κ3) is 5.59. The van der Waals surface area contributed by atoms with E-state index in [0.29, 0.717) is 5.95 Å². The molecule has 0 amide bonds. The molecule has 1 saturated heterocycles. The lowest BCUT2D eigenvalue weighted by atomic mass is 9.95. The zero-order valence-corrected chi connectivity index (χ0v) is 19.9. The minimum atomic E-state index is 0.700. The first kappa shape index (κ1) is 23.0. The molecular weight excluding hydrogens is 408 g/mol. The van der Waals surface area contributed by atoms with Crippen molar-refractivity contribution in [3.63, 3.8) is 0 Å². The molecule has 0 atom stereocenters. The van der Waals surface area contributed by atoms with Crippen molar-refractivity contribution in [1.29, 1.82) is 0 Å². The third-order valence-corrected chi connectivity index (χ3v) is 6.20. The van der Waals surface area contributed by atoms with Crippen LogP contribution in [0.5, 0.6) is 0 Å². The van der Waals surface area contributed by atoms with Gasteiger partial charge < -0.3 is 15.2 Å². The van der Waals surface area contributed by atoms with Gasteiger partial charge in [0.25, 0.3) is 0 Å². The number of likely N-dealkylation sites (N-methyl/N-ethyl adjacent to an activating group) is 1.